The number of benzene rings is 1. The van der Waals surface area contributed by atoms with Gasteiger partial charge in [-0.3, -0.25) is 4.79 Å². The minimum absolute atomic E-state index is 0.124. The molecule has 1 aliphatic carbocycles. The minimum Gasteiger partial charge on any atom is -0.348 e. The monoisotopic (exact) mass is 278 g/mol. The third-order valence-electron chi connectivity index (χ3n) is 4.18. The van der Waals surface area contributed by atoms with Crippen LogP contribution in [0.25, 0.3) is 0 Å². The molecule has 3 nitrogen and oxygen atoms in total. The number of carbonyl (C=O) groups excluding carboxylic acids is 1. The van der Waals surface area contributed by atoms with Gasteiger partial charge in [0.2, 0.25) is 5.91 Å². The van der Waals surface area contributed by atoms with E-state index in [0.29, 0.717) is 12.3 Å². The molecule has 0 spiro atoms. The summed E-state index contributed by atoms with van der Waals surface area (Å²) in [6.07, 6.45) is 3.55. The molecule has 0 bridgehead atoms. The van der Waals surface area contributed by atoms with Crippen LogP contribution >= 0.6 is 0 Å². The highest BCUT2D eigenvalue weighted by Gasteiger charge is 2.38. The second-order valence-corrected chi connectivity index (χ2v) is 6.11. The second-order valence-electron chi connectivity index (χ2n) is 6.11. The van der Waals surface area contributed by atoms with E-state index >= 15 is 0 Å². The van der Waals surface area contributed by atoms with Crippen LogP contribution in [0.2, 0.25) is 0 Å². The normalized spacial score (nSPS) is 27.9. The molecule has 1 amide bonds. The summed E-state index contributed by atoms with van der Waals surface area (Å²) < 4.78 is 13.2. The highest BCUT2D eigenvalue weighted by Crippen LogP contribution is 2.31. The highest BCUT2D eigenvalue weighted by molar-refractivity contribution is 5.86. The minimum atomic E-state index is -0.779. The summed E-state index contributed by atoms with van der Waals surface area (Å²) in [4.78, 5) is 12.4. The number of halogens is 1. The lowest BCUT2D eigenvalue weighted by atomic mass is 9.76. The van der Waals surface area contributed by atoms with E-state index in [0.717, 1.165) is 24.8 Å². The molecule has 1 aromatic carbocycles. The Balaban J connectivity index is 2.03. The third-order valence-corrected chi connectivity index (χ3v) is 4.18. The number of hydrogen-bond acceptors (Lipinski definition) is 2. The molecule has 0 aliphatic heterocycles. The van der Waals surface area contributed by atoms with Crippen molar-refractivity contribution in [3.8, 4) is 0 Å². The molecule has 1 saturated carbocycles. The van der Waals surface area contributed by atoms with Crippen LogP contribution in [-0.4, -0.2) is 11.4 Å². The Morgan fingerprint density at radius 2 is 2.30 bits per heavy atom. The predicted octanol–water partition coefficient (Wildman–Crippen LogP) is 2.91. The van der Waals surface area contributed by atoms with Gasteiger partial charge in [0.15, 0.2) is 0 Å². The number of amides is 1. The summed E-state index contributed by atoms with van der Waals surface area (Å²) in [6.45, 7) is 3.98. The van der Waals surface area contributed by atoms with Gasteiger partial charge in [-0.15, -0.1) is 0 Å². The lowest BCUT2D eigenvalue weighted by Gasteiger charge is -2.36. The average molecular weight is 278 g/mol. The summed E-state index contributed by atoms with van der Waals surface area (Å²) in [5.74, 6) is 0.0575. The SMILES string of the molecule is CC1CCCC(N)(C(=O)NC(C)c2cccc(F)c2)C1. The van der Waals surface area contributed by atoms with Crippen LogP contribution in [0.1, 0.15) is 51.1 Å². The van der Waals surface area contributed by atoms with Crippen molar-refractivity contribution < 1.29 is 9.18 Å². The molecule has 3 atom stereocenters. The van der Waals surface area contributed by atoms with Gasteiger partial charge in [0.25, 0.3) is 0 Å². The number of carbonyl (C=O) groups is 1. The zero-order valence-electron chi connectivity index (χ0n) is 12.2. The van der Waals surface area contributed by atoms with E-state index in [9.17, 15) is 9.18 Å². The van der Waals surface area contributed by atoms with Crippen LogP contribution in [0.5, 0.6) is 0 Å². The van der Waals surface area contributed by atoms with Gasteiger partial charge >= 0.3 is 0 Å². The fourth-order valence-electron chi connectivity index (χ4n) is 3.00. The van der Waals surface area contributed by atoms with Crippen molar-refractivity contribution in [1.29, 1.82) is 0 Å². The number of hydrogen-bond donors (Lipinski definition) is 2. The van der Waals surface area contributed by atoms with Crippen LogP contribution in [0.4, 0.5) is 4.39 Å². The van der Waals surface area contributed by atoms with Gasteiger partial charge in [0.05, 0.1) is 11.6 Å². The summed E-state index contributed by atoms with van der Waals surface area (Å²) in [5, 5.41) is 2.92. The lowest BCUT2D eigenvalue weighted by molar-refractivity contribution is -0.128. The first kappa shape index (κ1) is 15.0. The van der Waals surface area contributed by atoms with E-state index < -0.39 is 5.54 Å². The van der Waals surface area contributed by atoms with Gasteiger partial charge in [-0.1, -0.05) is 31.9 Å². The molecule has 4 heteroatoms. The molecule has 3 unspecified atom stereocenters. The number of nitrogens with two attached hydrogens (primary N) is 1. The lowest BCUT2D eigenvalue weighted by Crippen LogP contribution is -2.56. The van der Waals surface area contributed by atoms with E-state index in [-0.39, 0.29) is 17.8 Å². The first-order chi connectivity index (χ1) is 9.40. The molecule has 110 valence electrons. The van der Waals surface area contributed by atoms with Crippen LogP contribution in [0, 0.1) is 11.7 Å². The van der Waals surface area contributed by atoms with E-state index in [4.69, 9.17) is 5.73 Å². The van der Waals surface area contributed by atoms with Crippen molar-refractivity contribution in [3.05, 3.63) is 35.6 Å². The predicted molar refractivity (Wildman–Crippen MR) is 77.5 cm³/mol. The molecule has 0 saturated heterocycles. The first-order valence-corrected chi connectivity index (χ1v) is 7.26. The maximum Gasteiger partial charge on any atom is 0.240 e. The van der Waals surface area contributed by atoms with Gasteiger partial charge in [-0.25, -0.2) is 4.39 Å². The topological polar surface area (TPSA) is 55.1 Å². The van der Waals surface area contributed by atoms with Crippen LogP contribution < -0.4 is 11.1 Å². The molecule has 1 fully saturated rings. The highest BCUT2D eigenvalue weighted by atomic mass is 19.1. The summed E-state index contributed by atoms with van der Waals surface area (Å²) in [6, 6.07) is 6.05. The van der Waals surface area contributed by atoms with E-state index in [2.05, 4.69) is 12.2 Å². The van der Waals surface area contributed by atoms with Gasteiger partial charge in [-0.05, 0) is 43.4 Å². The maximum absolute atomic E-state index is 13.2. The van der Waals surface area contributed by atoms with Crippen LogP contribution in [0.15, 0.2) is 24.3 Å². The number of rotatable bonds is 3. The maximum atomic E-state index is 13.2. The second kappa shape index (κ2) is 5.92. The van der Waals surface area contributed by atoms with Crippen LogP contribution in [-0.2, 0) is 4.79 Å². The van der Waals surface area contributed by atoms with Gasteiger partial charge in [0, 0.05) is 0 Å². The fourth-order valence-corrected chi connectivity index (χ4v) is 3.00. The Hall–Kier alpha value is -1.42. The number of nitrogens with one attached hydrogen (secondary N) is 1. The van der Waals surface area contributed by atoms with Crippen molar-refractivity contribution in [2.45, 2.75) is 51.1 Å². The molecule has 0 aromatic heterocycles. The van der Waals surface area contributed by atoms with Crippen molar-refractivity contribution in [2.75, 3.05) is 0 Å². The van der Waals surface area contributed by atoms with Crippen molar-refractivity contribution in [2.24, 2.45) is 11.7 Å². The molecular weight excluding hydrogens is 255 g/mol. The molecule has 1 aromatic rings. The van der Waals surface area contributed by atoms with E-state index in [1.165, 1.54) is 12.1 Å². The quantitative estimate of drug-likeness (QED) is 0.893. The van der Waals surface area contributed by atoms with Crippen molar-refractivity contribution in [1.82, 2.24) is 5.32 Å². The van der Waals surface area contributed by atoms with Gasteiger partial charge < -0.3 is 11.1 Å². The Labute approximate surface area is 119 Å². The summed E-state index contributed by atoms with van der Waals surface area (Å²) >= 11 is 0. The average Bonchev–Trinajstić information content (AvgIpc) is 2.38. The Kier molecular flexibility index (Phi) is 4.43. The van der Waals surface area contributed by atoms with E-state index in [1.54, 1.807) is 12.1 Å². The zero-order valence-corrected chi connectivity index (χ0v) is 12.2. The molecule has 0 radical (unpaired) electrons. The molecular formula is C16H23FN2O. The summed E-state index contributed by atoms with van der Waals surface area (Å²) in [7, 11) is 0. The van der Waals surface area contributed by atoms with Crippen LogP contribution in [0.3, 0.4) is 0 Å². The first-order valence-electron chi connectivity index (χ1n) is 7.26. The fraction of sp³-hybridized carbons (Fsp3) is 0.562. The zero-order chi connectivity index (χ0) is 14.8. The smallest absolute Gasteiger partial charge is 0.240 e. The van der Waals surface area contributed by atoms with Gasteiger partial charge in [0.1, 0.15) is 5.82 Å². The van der Waals surface area contributed by atoms with Gasteiger partial charge in [-0.2, -0.15) is 0 Å². The Bertz CT molecular complexity index is 491. The molecule has 2 rings (SSSR count). The summed E-state index contributed by atoms with van der Waals surface area (Å²) in [5.41, 5.74) is 6.24. The third kappa shape index (κ3) is 3.37. The van der Waals surface area contributed by atoms with Crippen molar-refractivity contribution >= 4 is 5.91 Å². The molecule has 0 heterocycles. The van der Waals surface area contributed by atoms with Crippen molar-refractivity contribution in [3.63, 3.8) is 0 Å². The largest absolute Gasteiger partial charge is 0.348 e. The molecule has 3 N–H and O–H groups in total. The van der Waals surface area contributed by atoms with E-state index in [1.807, 2.05) is 6.92 Å². The standard InChI is InChI=1S/C16H23FN2O/c1-11-5-4-8-16(18,10-11)15(20)19-12(2)13-6-3-7-14(17)9-13/h3,6-7,9,11-12H,4-5,8,10,18H2,1-2H3,(H,19,20). The Morgan fingerprint density at radius 3 is 2.95 bits per heavy atom. The molecule has 1 aliphatic rings. The Morgan fingerprint density at radius 1 is 1.55 bits per heavy atom. The molecule has 20 heavy (non-hydrogen) atoms.